The van der Waals surface area contributed by atoms with Gasteiger partial charge in [0.15, 0.2) is 0 Å². The molecule has 23 heavy (non-hydrogen) atoms. The van der Waals surface area contributed by atoms with Gasteiger partial charge in [-0.3, -0.25) is 10.1 Å². The number of carbonyl (C=O) groups excluding carboxylic acids is 1. The quantitative estimate of drug-likeness (QED) is 0.700. The van der Waals surface area contributed by atoms with Crippen molar-refractivity contribution in [3.05, 3.63) is 46.5 Å². The molecule has 0 spiro atoms. The van der Waals surface area contributed by atoms with Crippen LogP contribution < -0.4 is 16.0 Å². The third-order valence-electron chi connectivity index (χ3n) is 3.89. The highest BCUT2D eigenvalue weighted by Gasteiger charge is 2.39. The maximum absolute atomic E-state index is 12.4. The molecule has 2 rings (SSSR count). The summed E-state index contributed by atoms with van der Waals surface area (Å²) in [4.78, 5) is 12.4. The van der Waals surface area contributed by atoms with Crippen molar-refractivity contribution in [1.29, 1.82) is 0 Å². The van der Waals surface area contributed by atoms with E-state index in [2.05, 4.69) is 29.8 Å². The SMILES string of the molecule is CC1(C)C=C(C(=O)NCCNCc2ccc(Cl)cc2)C(C)(C)N1. The Hall–Kier alpha value is -1.36. The number of amides is 1. The lowest BCUT2D eigenvalue weighted by Crippen LogP contribution is -2.48. The highest BCUT2D eigenvalue weighted by atomic mass is 35.5. The van der Waals surface area contributed by atoms with E-state index in [0.717, 1.165) is 23.7 Å². The zero-order valence-corrected chi connectivity index (χ0v) is 15.1. The molecule has 4 nitrogen and oxygen atoms in total. The molecule has 0 atom stereocenters. The summed E-state index contributed by atoms with van der Waals surface area (Å²) in [6.07, 6.45) is 2.02. The molecule has 1 aromatic carbocycles. The second-order valence-corrected chi connectivity index (χ2v) is 7.53. The van der Waals surface area contributed by atoms with Crippen LogP contribution >= 0.6 is 11.6 Å². The number of nitrogens with one attached hydrogen (secondary N) is 3. The minimum atomic E-state index is -0.301. The van der Waals surface area contributed by atoms with Crippen molar-refractivity contribution in [1.82, 2.24) is 16.0 Å². The molecular formula is C18H26ClN3O. The van der Waals surface area contributed by atoms with Crippen LogP contribution in [0.1, 0.15) is 33.3 Å². The van der Waals surface area contributed by atoms with Gasteiger partial charge >= 0.3 is 0 Å². The molecule has 1 aliphatic rings. The van der Waals surface area contributed by atoms with Crippen LogP contribution in [0.2, 0.25) is 5.02 Å². The Bertz CT molecular complexity index is 591. The minimum Gasteiger partial charge on any atom is -0.351 e. The minimum absolute atomic E-state index is 0.00127. The fourth-order valence-electron chi connectivity index (χ4n) is 2.99. The van der Waals surface area contributed by atoms with Crippen molar-refractivity contribution >= 4 is 17.5 Å². The molecule has 0 radical (unpaired) electrons. The van der Waals surface area contributed by atoms with E-state index in [1.54, 1.807) is 0 Å². The van der Waals surface area contributed by atoms with Gasteiger partial charge in [0.05, 0.1) is 0 Å². The second kappa shape index (κ2) is 7.04. The first kappa shape index (κ1) is 18.0. The molecule has 5 heteroatoms. The number of carbonyl (C=O) groups is 1. The third-order valence-corrected chi connectivity index (χ3v) is 4.14. The van der Waals surface area contributed by atoms with Gasteiger partial charge in [-0.05, 0) is 45.4 Å². The smallest absolute Gasteiger partial charge is 0.248 e. The standard InChI is InChI=1S/C18H26ClN3O/c1-17(2)11-15(18(3,4)22-17)16(23)21-10-9-20-12-13-5-7-14(19)8-6-13/h5-8,11,20,22H,9-10,12H2,1-4H3,(H,21,23). The normalized spacial score (nSPS) is 18.6. The van der Waals surface area contributed by atoms with Gasteiger partial charge in [-0.1, -0.05) is 29.8 Å². The predicted octanol–water partition coefficient (Wildman–Crippen LogP) is 2.63. The average Bonchev–Trinajstić information content (AvgIpc) is 2.68. The topological polar surface area (TPSA) is 53.2 Å². The van der Waals surface area contributed by atoms with E-state index < -0.39 is 0 Å². The summed E-state index contributed by atoms with van der Waals surface area (Å²) in [5, 5.41) is 10.5. The Balaban J connectivity index is 1.74. The monoisotopic (exact) mass is 335 g/mol. The Morgan fingerprint density at radius 2 is 1.78 bits per heavy atom. The molecule has 0 saturated heterocycles. The highest BCUT2D eigenvalue weighted by molar-refractivity contribution is 6.30. The number of hydrogen-bond acceptors (Lipinski definition) is 3. The molecule has 1 aliphatic heterocycles. The average molecular weight is 336 g/mol. The van der Waals surface area contributed by atoms with Crippen LogP contribution in [0.15, 0.2) is 35.9 Å². The summed E-state index contributed by atoms with van der Waals surface area (Å²) in [5.74, 6) is 0.00127. The Morgan fingerprint density at radius 3 is 2.35 bits per heavy atom. The van der Waals surface area contributed by atoms with Gasteiger partial charge in [-0.2, -0.15) is 0 Å². The zero-order valence-electron chi connectivity index (χ0n) is 14.3. The fraction of sp³-hybridized carbons (Fsp3) is 0.500. The van der Waals surface area contributed by atoms with Crippen LogP contribution in [-0.2, 0) is 11.3 Å². The van der Waals surface area contributed by atoms with Crippen LogP contribution in [0.25, 0.3) is 0 Å². The zero-order chi connectivity index (χ0) is 17.1. The summed E-state index contributed by atoms with van der Waals surface area (Å²) < 4.78 is 0. The number of halogens is 1. The van der Waals surface area contributed by atoms with Crippen molar-refractivity contribution in [3.63, 3.8) is 0 Å². The van der Waals surface area contributed by atoms with E-state index in [4.69, 9.17) is 11.6 Å². The molecule has 1 aromatic rings. The maximum Gasteiger partial charge on any atom is 0.248 e. The van der Waals surface area contributed by atoms with Crippen molar-refractivity contribution in [2.24, 2.45) is 0 Å². The first-order valence-corrected chi connectivity index (χ1v) is 8.33. The fourth-order valence-corrected chi connectivity index (χ4v) is 3.12. The van der Waals surface area contributed by atoms with Gasteiger partial charge in [0.2, 0.25) is 5.91 Å². The van der Waals surface area contributed by atoms with Crippen LogP contribution in [0.3, 0.4) is 0 Å². The van der Waals surface area contributed by atoms with E-state index in [9.17, 15) is 4.79 Å². The molecule has 126 valence electrons. The first-order valence-electron chi connectivity index (χ1n) is 7.96. The molecule has 0 aliphatic carbocycles. The first-order chi connectivity index (χ1) is 10.7. The van der Waals surface area contributed by atoms with Crippen molar-refractivity contribution in [2.45, 2.75) is 45.3 Å². The molecule has 1 heterocycles. The molecule has 0 fully saturated rings. The summed E-state index contributed by atoms with van der Waals surface area (Å²) >= 11 is 5.86. The lowest BCUT2D eigenvalue weighted by molar-refractivity contribution is -0.118. The van der Waals surface area contributed by atoms with Crippen molar-refractivity contribution in [3.8, 4) is 0 Å². The lowest BCUT2D eigenvalue weighted by Gasteiger charge is -2.27. The molecular weight excluding hydrogens is 310 g/mol. The van der Waals surface area contributed by atoms with Crippen LogP contribution in [0.5, 0.6) is 0 Å². The molecule has 0 bridgehead atoms. The van der Waals surface area contributed by atoms with Gasteiger partial charge in [0.25, 0.3) is 0 Å². The van der Waals surface area contributed by atoms with Crippen molar-refractivity contribution in [2.75, 3.05) is 13.1 Å². The Kier molecular flexibility index (Phi) is 5.50. The predicted molar refractivity (Wildman–Crippen MR) is 95.5 cm³/mol. The van der Waals surface area contributed by atoms with Gasteiger partial charge in [0.1, 0.15) is 0 Å². The van der Waals surface area contributed by atoms with Gasteiger partial charge < -0.3 is 10.6 Å². The molecule has 3 N–H and O–H groups in total. The maximum atomic E-state index is 12.4. The van der Waals surface area contributed by atoms with Gasteiger partial charge in [-0.15, -0.1) is 0 Å². The summed E-state index contributed by atoms with van der Waals surface area (Å²) in [7, 11) is 0. The summed E-state index contributed by atoms with van der Waals surface area (Å²) in [5.41, 5.74) is 1.53. The van der Waals surface area contributed by atoms with Crippen LogP contribution in [0, 0.1) is 0 Å². The molecule has 0 aromatic heterocycles. The van der Waals surface area contributed by atoms with Crippen molar-refractivity contribution < 1.29 is 4.79 Å². The van der Waals surface area contributed by atoms with Crippen LogP contribution in [-0.4, -0.2) is 30.1 Å². The number of rotatable bonds is 6. The van der Waals surface area contributed by atoms with E-state index in [1.807, 2.05) is 44.2 Å². The van der Waals surface area contributed by atoms with Crippen LogP contribution in [0.4, 0.5) is 0 Å². The Labute approximate surface area is 143 Å². The van der Waals surface area contributed by atoms with Gasteiger partial charge in [0, 0.05) is 41.3 Å². The third kappa shape index (κ3) is 5.06. The second-order valence-electron chi connectivity index (χ2n) is 7.09. The van der Waals surface area contributed by atoms with E-state index in [-0.39, 0.29) is 17.0 Å². The summed E-state index contributed by atoms with van der Waals surface area (Å²) in [6.45, 7) is 10.3. The molecule has 0 saturated carbocycles. The van der Waals surface area contributed by atoms with E-state index in [0.29, 0.717) is 6.54 Å². The molecule has 0 unspecified atom stereocenters. The summed E-state index contributed by atoms with van der Waals surface area (Å²) in [6, 6.07) is 7.74. The lowest BCUT2D eigenvalue weighted by atomic mass is 9.96. The Morgan fingerprint density at radius 1 is 1.13 bits per heavy atom. The molecule has 1 amide bonds. The van der Waals surface area contributed by atoms with E-state index in [1.165, 1.54) is 5.56 Å². The highest BCUT2D eigenvalue weighted by Crippen LogP contribution is 2.29. The van der Waals surface area contributed by atoms with E-state index >= 15 is 0 Å². The number of hydrogen-bond donors (Lipinski definition) is 3. The number of benzene rings is 1. The largest absolute Gasteiger partial charge is 0.351 e. The van der Waals surface area contributed by atoms with Gasteiger partial charge in [-0.25, -0.2) is 0 Å².